The van der Waals surface area contributed by atoms with E-state index in [2.05, 4.69) is 10.6 Å². The Hall–Kier alpha value is -2.33. The molecule has 4 nitrogen and oxygen atoms in total. The molecule has 0 aromatic heterocycles. The highest BCUT2D eigenvalue weighted by Gasteiger charge is 2.14. The number of carbonyl (C=O) groups excluding carboxylic acids is 1. The summed E-state index contributed by atoms with van der Waals surface area (Å²) in [5, 5.41) is 6.31. The third kappa shape index (κ3) is 4.83. The Morgan fingerprint density at radius 3 is 2.46 bits per heavy atom. The number of amides is 1. The third-order valence-electron chi connectivity index (χ3n) is 4.21. The predicted octanol–water partition coefficient (Wildman–Crippen LogP) is 3.77. The third-order valence-corrected chi connectivity index (χ3v) is 4.21. The number of aryl methyl sites for hydroxylation is 1. The summed E-state index contributed by atoms with van der Waals surface area (Å²) in [4.78, 5) is 12.1. The Labute approximate surface area is 143 Å². The topological polar surface area (TPSA) is 50.4 Å². The number of ether oxygens (including phenoxy) is 1. The summed E-state index contributed by atoms with van der Waals surface area (Å²) in [6.07, 6.45) is 2.98. The summed E-state index contributed by atoms with van der Waals surface area (Å²) >= 11 is 0. The number of nitrogens with one attached hydrogen (secondary N) is 2. The molecule has 0 bridgehead atoms. The molecule has 0 aliphatic carbocycles. The van der Waals surface area contributed by atoms with Gasteiger partial charge >= 0.3 is 0 Å². The number of benzene rings is 2. The highest BCUT2D eigenvalue weighted by atomic mass is 16.5. The molecule has 0 saturated carbocycles. The molecule has 1 aliphatic rings. The van der Waals surface area contributed by atoms with E-state index in [4.69, 9.17) is 4.74 Å². The number of hydrogen-bond donors (Lipinski definition) is 2. The lowest BCUT2D eigenvalue weighted by Crippen LogP contribution is -2.18. The smallest absolute Gasteiger partial charge is 0.228 e. The lowest BCUT2D eigenvalue weighted by molar-refractivity contribution is -0.115. The van der Waals surface area contributed by atoms with E-state index in [-0.39, 0.29) is 5.91 Å². The van der Waals surface area contributed by atoms with Gasteiger partial charge in [0.2, 0.25) is 5.91 Å². The fraction of sp³-hybridized carbons (Fsp3) is 0.350. The summed E-state index contributed by atoms with van der Waals surface area (Å²) in [5.41, 5.74) is 4.08. The van der Waals surface area contributed by atoms with E-state index >= 15 is 0 Å². The standard InChI is InChI=1S/C20H24N2O2/c1-15-4-6-16(7-5-15)13-20(23)22-18-10-8-17(9-11-18)21-14-19-3-2-12-24-19/h4-11,19,21H,2-3,12-14H2,1H3,(H,22,23). The second kappa shape index (κ2) is 7.97. The Kier molecular flexibility index (Phi) is 5.49. The molecule has 1 heterocycles. The summed E-state index contributed by atoms with van der Waals surface area (Å²) in [6, 6.07) is 15.8. The van der Waals surface area contributed by atoms with Gasteiger partial charge in [0.1, 0.15) is 0 Å². The van der Waals surface area contributed by atoms with Crippen molar-refractivity contribution in [1.29, 1.82) is 0 Å². The molecule has 1 fully saturated rings. The molecule has 0 spiro atoms. The van der Waals surface area contributed by atoms with Crippen LogP contribution in [0.3, 0.4) is 0 Å². The zero-order chi connectivity index (χ0) is 16.8. The molecule has 1 unspecified atom stereocenters. The lowest BCUT2D eigenvalue weighted by atomic mass is 10.1. The van der Waals surface area contributed by atoms with Crippen LogP contribution in [0.25, 0.3) is 0 Å². The number of rotatable bonds is 6. The second-order valence-corrected chi connectivity index (χ2v) is 6.30. The van der Waals surface area contributed by atoms with Crippen LogP contribution in [0.2, 0.25) is 0 Å². The number of carbonyl (C=O) groups is 1. The Morgan fingerprint density at radius 1 is 1.08 bits per heavy atom. The van der Waals surface area contributed by atoms with Gasteiger partial charge in [-0.2, -0.15) is 0 Å². The Balaban J connectivity index is 1.47. The van der Waals surface area contributed by atoms with Crippen molar-refractivity contribution in [2.75, 3.05) is 23.8 Å². The summed E-state index contributed by atoms with van der Waals surface area (Å²) in [7, 11) is 0. The first kappa shape index (κ1) is 16.5. The maximum atomic E-state index is 12.1. The van der Waals surface area contributed by atoms with E-state index in [0.717, 1.165) is 42.9 Å². The molecule has 2 N–H and O–H groups in total. The molecule has 4 heteroatoms. The van der Waals surface area contributed by atoms with Crippen LogP contribution in [0.4, 0.5) is 11.4 Å². The van der Waals surface area contributed by atoms with Crippen LogP contribution >= 0.6 is 0 Å². The molecule has 2 aromatic carbocycles. The molecule has 3 rings (SSSR count). The average molecular weight is 324 g/mol. The van der Waals surface area contributed by atoms with Crippen LogP contribution < -0.4 is 10.6 Å². The first-order valence-corrected chi connectivity index (χ1v) is 8.50. The van der Waals surface area contributed by atoms with Crippen molar-refractivity contribution in [3.8, 4) is 0 Å². The van der Waals surface area contributed by atoms with Crippen molar-refractivity contribution < 1.29 is 9.53 Å². The van der Waals surface area contributed by atoms with E-state index in [9.17, 15) is 4.79 Å². The minimum absolute atomic E-state index is 0.00100. The summed E-state index contributed by atoms with van der Waals surface area (Å²) in [6.45, 7) is 3.75. The first-order chi connectivity index (χ1) is 11.7. The molecule has 1 atom stereocenters. The zero-order valence-corrected chi connectivity index (χ0v) is 14.0. The Morgan fingerprint density at radius 2 is 1.79 bits per heavy atom. The SMILES string of the molecule is Cc1ccc(CC(=O)Nc2ccc(NCC3CCCO3)cc2)cc1. The second-order valence-electron chi connectivity index (χ2n) is 6.30. The van der Waals surface area contributed by atoms with Crippen LogP contribution in [0.5, 0.6) is 0 Å². The molecule has 1 aliphatic heterocycles. The van der Waals surface area contributed by atoms with Gasteiger partial charge in [0, 0.05) is 24.5 Å². The van der Waals surface area contributed by atoms with E-state index in [0.29, 0.717) is 12.5 Å². The van der Waals surface area contributed by atoms with Crippen LogP contribution in [0.15, 0.2) is 48.5 Å². The summed E-state index contributed by atoms with van der Waals surface area (Å²) in [5.74, 6) is -0.00100. The van der Waals surface area contributed by atoms with Crippen LogP contribution in [0.1, 0.15) is 24.0 Å². The molecule has 1 saturated heterocycles. The van der Waals surface area contributed by atoms with Gasteiger partial charge in [0.25, 0.3) is 0 Å². The lowest BCUT2D eigenvalue weighted by Gasteiger charge is -2.12. The predicted molar refractivity (Wildman–Crippen MR) is 97.4 cm³/mol. The molecule has 24 heavy (non-hydrogen) atoms. The van der Waals surface area contributed by atoms with Gasteiger partial charge in [-0.3, -0.25) is 4.79 Å². The fourth-order valence-electron chi connectivity index (χ4n) is 2.80. The van der Waals surface area contributed by atoms with E-state index in [1.165, 1.54) is 5.56 Å². The van der Waals surface area contributed by atoms with Crippen molar-refractivity contribution in [2.24, 2.45) is 0 Å². The highest BCUT2D eigenvalue weighted by Crippen LogP contribution is 2.16. The van der Waals surface area contributed by atoms with Crippen LogP contribution in [-0.2, 0) is 16.0 Å². The molecule has 0 radical (unpaired) electrons. The quantitative estimate of drug-likeness (QED) is 0.850. The van der Waals surface area contributed by atoms with Crippen molar-refractivity contribution in [3.63, 3.8) is 0 Å². The maximum absolute atomic E-state index is 12.1. The van der Waals surface area contributed by atoms with Gasteiger partial charge in [-0.1, -0.05) is 29.8 Å². The molecule has 2 aromatic rings. The minimum atomic E-state index is -0.00100. The fourth-order valence-corrected chi connectivity index (χ4v) is 2.80. The normalized spacial score (nSPS) is 16.8. The summed E-state index contributed by atoms with van der Waals surface area (Å²) < 4.78 is 5.60. The van der Waals surface area contributed by atoms with E-state index in [1.807, 2.05) is 55.5 Å². The monoisotopic (exact) mass is 324 g/mol. The van der Waals surface area contributed by atoms with Gasteiger partial charge in [0.15, 0.2) is 0 Å². The van der Waals surface area contributed by atoms with Crippen LogP contribution in [-0.4, -0.2) is 25.2 Å². The molecule has 1 amide bonds. The molecular weight excluding hydrogens is 300 g/mol. The molecule has 126 valence electrons. The van der Waals surface area contributed by atoms with Gasteiger partial charge in [0.05, 0.1) is 12.5 Å². The largest absolute Gasteiger partial charge is 0.382 e. The van der Waals surface area contributed by atoms with E-state index < -0.39 is 0 Å². The van der Waals surface area contributed by atoms with Gasteiger partial charge in [-0.05, 0) is 49.6 Å². The van der Waals surface area contributed by atoms with Crippen molar-refractivity contribution in [2.45, 2.75) is 32.3 Å². The van der Waals surface area contributed by atoms with Crippen molar-refractivity contribution in [3.05, 3.63) is 59.7 Å². The number of anilines is 2. The average Bonchev–Trinajstić information content (AvgIpc) is 3.10. The van der Waals surface area contributed by atoms with E-state index in [1.54, 1.807) is 0 Å². The zero-order valence-electron chi connectivity index (χ0n) is 14.0. The maximum Gasteiger partial charge on any atom is 0.228 e. The van der Waals surface area contributed by atoms with Gasteiger partial charge < -0.3 is 15.4 Å². The van der Waals surface area contributed by atoms with Crippen molar-refractivity contribution in [1.82, 2.24) is 0 Å². The highest BCUT2D eigenvalue weighted by molar-refractivity contribution is 5.92. The molecular formula is C20H24N2O2. The Bertz CT molecular complexity index is 659. The van der Waals surface area contributed by atoms with Crippen molar-refractivity contribution >= 4 is 17.3 Å². The minimum Gasteiger partial charge on any atom is -0.382 e. The van der Waals surface area contributed by atoms with Gasteiger partial charge in [-0.25, -0.2) is 0 Å². The van der Waals surface area contributed by atoms with Gasteiger partial charge in [-0.15, -0.1) is 0 Å². The number of hydrogen-bond acceptors (Lipinski definition) is 3. The van der Waals surface area contributed by atoms with Crippen LogP contribution in [0, 0.1) is 6.92 Å². The first-order valence-electron chi connectivity index (χ1n) is 8.50.